The smallest absolute Gasteiger partial charge is 0.370 e. The van der Waals surface area contributed by atoms with E-state index in [2.05, 4.69) is 14.8 Å². The highest BCUT2D eigenvalue weighted by Gasteiger charge is 2.27. The van der Waals surface area contributed by atoms with Gasteiger partial charge in [0.1, 0.15) is 17.9 Å². The molecule has 0 fully saturated rings. The van der Waals surface area contributed by atoms with E-state index in [9.17, 15) is 13.2 Å². The van der Waals surface area contributed by atoms with Crippen LogP contribution in [0, 0.1) is 6.92 Å². The molecule has 0 saturated heterocycles. The van der Waals surface area contributed by atoms with E-state index in [-0.39, 0.29) is 19.0 Å². The van der Waals surface area contributed by atoms with Gasteiger partial charge in [-0.2, -0.15) is 18.3 Å². The van der Waals surface area contributed by atoms with Crippen molar-refractivity contribution in [3.63, 3.8) is 0 Å². The predicted octanol–water partition coefficient (Wildman–Crippen LogP) is 2.88. The number of imidazole rings is 1. The number of halogens is 4. The molecule has 0 bridgehead atoms. The first-order chi connectivity index (χ1) is 9.87. The molecule has 2 heterocycles. The molecule has 0 saturated carbocycles. The van der Waals surface area contributed by atoms with E-state index in [0.717, 1.165) is 16.9 Å². The molecule has 0 amide bonds. The Kier molecular flexibility index (Phi) is 4.77. The summed E-state index contributed by atoms with van der Waals surface area (Å²) in [5.41, 5.74) is 2.26. The van der Waals surface area contributed by atoms with Gasteiger partial charge in [0.2, 0.25) is 0 Å². The fourth-order valence-electron chi connectivity index (χ4n) is 2.17. The fraction of sp³-hybridized carbons (Fsp3) is 0.667. The molecule has 2 aromatic rings. The van der Waals surface area contributed by atoms with Gasteiger partial charge in [0.15, 0.2) is 5.65 Å². The summed E-state index contributed by atoms with van der Waals surface area (Å²) in [5, 5.41) is 4.34. The molecule has 0 radical (unpaired) electrons. The second-order valence-electron chi connectivity index (χ2n) is 4.55. The highest BCUT2D eigenvalue weighted by molar-refractivity contribution is 6.16. The van der Waals surface area contributed by atoms with Crippen molar-refractivity contribution >= 4 is 22.8 Å². The topological polar surface area (TPSA) is 44.9 Å². The standard InChI is InChI=1S/C12H16ClF3N4O/c1-3-20-11-10(8(2)18-20)17-9(6-13)19(11)4-5-21-7-12(14,15)16/h3-7H2,1-2H3. The minimum Gasteiger partial charge on any atom is -0.370 e. The minimum atomic E-state index is -4.32. The third-order valence-corrected chi connectivity index (χ3v) is 3.26. The normalized spacial score (nSPS) is 12.5. The van der Waals surface area contributed by atoms with Crippen LogP contribution in [-0.4, -0.2) is 38.7 Å². The van der Waals surface area contributed by atoms with Crippen LogP contribution >= 0.6 is 11.6 Å². The maximum atomic E-state index is 12.1. The van der Waals surface area contributed by atoms with Crippen LogP contribution in [0.4, 0.5) is 13.2 Å². The first-order valence-corrected chi connectivity index (χ1v) is 7.03. The van der Waals surface area contributed by atoms with Crippen molar-refractivity contribution in [2.24, 2.45) is 0 Å². The Morgan fingerprint density at radius 1 is 1.33 bits per heavy atom. The van der Waals surface area contributed by atoms with E-state index < -0.39 is 12.8 Å². The van der Waals surface area contributed by atoms with Gasteiger partial charge in [0.25, 0.3) is 0 Å². The van der Waals surface area contributed by atoms with Gasteiger partial charge < -0.3 is 9.30 Å². The van der Waals surface area contributed by atoms with Crippen molar-refractivity contribution in [3.8, 4) is 0 Å². The Hall–Kier alpha value is -1.28. The lowest BCUT2D eigenvalue weighted by atomic mass is 10.4. The van der Waals surface area contributed by atoms with Crippen LogP contribution in [0.3, 0.4) is 0 Å². The quantitative estimate of drug-likeness (QED) is 0.606. The van der Waals surface area contributed by atoms with Gasteiger partial charge in [-0.25, -0.2) is 9.67 Å². The summed E-state index contributed by atoms with van der Waals surface area (Å²) in [5.74, 6) is 0.780. The number of aromatic nitrogens is 4. The Bertz CT molecular complexity index is 620. The molecule has 5 nitrogen and oxygen atoms in total. The molecule has 2 rings (SSSR count). The Balaban J connectivity index is 2.21. The number of hydrogen-bond donors (Lipinski definition) is 0. The van der Waals surface area contributed by atoms with Gasteiger partial charge in [-0.05, 0) is 13.8 Å². The monoisotopic (exact) mass is 324 g/mol. The SMILES string of the molecule is CCn1nc(C)c2nc(CCl)n(CCOCC(F)(F)F)c21. The average Bonchev–Trinajstić information content (AvgIpc) is 2.92. The molecule has 0 atom stereocenters. The summed E-state index contributed by atoms with van der Waals surface area (Å²) < 4.78 is 44.4. The number of nitrogens with zero attached hydrogens (tertiary/aromatic N) is 4. The molecule has 0 aliphatic carbocycles. The number of fused-ring (bicyclic) bond motifs is 1. The van der Waals surface area contributed by atoms with Gasteiger partial charge in [0, 0.05) is 13.1 Å². The molecule has 2 aromatic heterocycles. The minimum absolute atomic E-state index is 0.0667. The van der Waals surface area contributed by atoms with Crippen molar-refractivity contribution in [1.29, 1.82) is 0 Å². The van der Waals surface area contributed by atoms with Crippen molar-refractivity contribution in [3.05, 3.63) is 11.5 Å². The Morgan fingerprint density at radius 3 is 2.62 bits per heavy atom. The molecule has 0 spiro atoms. The predicted molar refractivity (Wildman–Crippen MR) is 72.4 cm³/mol. The number of alkyl halides is 4. The van der Waals surface area contributed by atoms with E-state index in [0.29, 0.717) is 12.4 Å². The lowest BCUT2D eigenvalue weighted by Crippen LogP contribution is -2.19. The molecule has 0 aromatic carbocycles. The zero-order valence-corrected chi connectivity index (χ0v) is 12.5. The van der Waals surface area contributed by atoms with Gasteiger partial charge in [0.05, 0.1) is 18.2 Å². The van der Waals surface area contributed by atoms with Crippen LogP contribution in [0.1, 0.15) is 18.4 Å². The Morgan fingerprint density at radius 2 is 2.05 bits per heavy atom. The van der Waals surface area contributed by atoms with E-state index in [4.69, 9.17) is 11.6 Å². The lowest BCUT2D eigenvalue weighted by molar-refractivity contribution is -0.174. The summed E-state index contributed by atoms with van der Waals surface area (Å²) in [4.78, 5) is 4.40. The average molecular weight is 325 g/mol. The first kappa shape index (κ1) is 16.1. The fourth-order valence-corrected chi connectivity index (χ4v) is 2.37. The van der Waals surface area contributed by atoms with Gasteiger partial charge in [-0.1, -0.05) is 0 Å². The number of rotatable bonds is 6. The summed E-state index contributed by atoms with van der Waals surface area (Å²) in [6.45, 7) is 3.34. The highest BCUT2D eigenvalue weighted by Crippen LogP contribution is 2.21. The molecule has 0 N–H and O–H groups in total. The zero-order chi connectivity index (χ0) is 15.6. The summed E-state index contributed by atoms with van der Waals surface area (Å²) in [6, 6.07) is 0. The maximum absolute atomic E-state index is 12.1. The summed E-state index contributed by atoms with van der Waals surface area (Å²) in [6.07, 6.45) is -4.32. The third-order valence-electron chi connectivity index (χ3n) is 3.02. The van der Waals surface area contributed by atoms with Gasteiger partial charge >= 0.3 is 6.18 Å². The van der Waals surface area contributed by atoms with Gasteiger partial charge in [-0.15, -0.1) is 11.6 Å². The van der Waals surface area contributed by atoms with Crippen molar-refractivity contribution in [2.45, 2.75) is 39.0 Å². The van der Waals surface area contributed by atoms with Crippen LogP contribution < -0.4 is 0 Å². The van der Waals surface area contributed by atoms with E-state index in [1.54, 1.807) is 9.25 Å². The second-order valence-corrected chi connectivity index (χ2v) is 4.82. The molecule has 0 aliphatic rings. The van der Waals surface area contributed by atoms with Crippen LogP contribution in [0.2, 0.25) is 0 Å². The van der Waals surface area contributed by atoms with Crippen LogP contribution in [0.5, 0.6) is 0 Å². The molecule has 9 heteroatoms. The third kappa shape index (κ3) is 3.49. The van der Waals surface area contributed by atoms with Crippen LogP contribution in [0.25, 0.3) is 11.2 Å². The molecule has 21 heavy (non-hydrogen) atoms. The molecule has 118 valence electrons. The largest absolute Gasteiger partial charge is 0.411 e. The number of aryl methyl sites for hydroxylation is 2. The molecule has 0 unspecified atom stereocenters. The zero-order valence-electron chi connectivity index (χ0n) is 11.7. The van der Waals surface area contributed by atoms with Crippen LogP contribution in [-0.2, 0) is 23.7 Å². The number of ether oxygens (including phenoxy) is 1. The van der Waals surface area contributed by atoms with Crippen molar-refractivity contribution in [2.75, 3.05) is 13.2 Å². The Labute approximate surface area is 124 Å². The van der Waals surface area contributed by atoms with E-state index in [1.165, 1.54) is 0 Å². The summed E-state index contributed by atoms with van der Waals surface area (Å²) >= 11 is 5.86. The molecule has 0 aliphatic heterocycles. The number of hydrogen-bond acceptors (Lipinski definition) is 3. The lowest BCUT2D eigenvalue weighted by Gasteiger charge is -2.11. The van der Waals surface area contributed by atoms with Gasteiger partial charge in [-0.3, -0.25) is 0 Å². The van der Waals surface area contributed by atoms with E-state index >= 15 is 0 Å². The highest BCUT2D eigenvalue weighted by atomic mass is 35.5. The van der Waals surface area contributed by atoms with E-state index in [1.807, 2.05) is 13.8 Å². The van der Waals surface area contributed by atoms with Crippen LogP contribution in [0.15, 0.2) is 0 Å². The first-order valence-electron chi connectivity index (χ1n) is 6.50. The molecular weight excluding hydrogens is 309 g/mol. The molecular formula is C12H16ClF3N4O. The maximum Gasteiger partial charge on any atom is 0.411 e. The summed E-state index contributed by atoms with van der Waals surface area (Å²) in [7, 11) is 0. The van der Waals surface area contributed by atoms with Crippen molar-refractivity contribution < 1.29 is 17.9 Å². The second kappa shape index (κ2) is 6.23. The van der Waals surface area contributed by atoms with Crippen molar-refractivity contribution in [1.82, 2.24) is 19.3 Å².